The van der Waals surface area contributed by atoms with Gasteiger partial charge in [0.2, 0.25) is 11.8 Å². The maximum atomic E-state index is 13.0. The number of nitrogen functional groups attached to an aromatic ring is 1. The van der Waals surface area contributed by atoms with Crippen LogP contribution in [-0.2, 0) is 16.1 Å². The first kappa shape index (κ1) is 21.2. The lowest BCUT2D eigenvalue weighted by Gasteiger charge is -2.39. The molecule has 3 aromatic rings. The fraction of sp³-hybridized carbons (Fsp3) is 0.238. The fourth-order valence-corrected chi connectivity index (χ4v) is 4.51. The van der Waals surface area contributed by atoms with Gasteiger partial charge in [-0.05, 0) is 35.9 Å². The third-order valence-electron chi connectivity index (χ3n) is 5.13. The van der Waals surface area contributed by atoms with Crippen LogP contribution < -0.4 is 5.73 Å². The number of nitrogens with two attached hydrogens (primary N) is 1. The van der Waals surface area contributed by atoms with Crippen molar-refractivity contribution in [3.63, 3.8) is 0 Å². The largest absolute Gasteiger partial charge is 0.394 e. The lowest BCUT2D eigenvalue weighted by molar-refractivity contribution is -0.151. The van der Waals surface area contributed by atoms with Crippen molar-refractivity contribution in [1.29, 1.82) is 0 Å². The molecular formula is C21H20ClN5O3S. The normalized spacial score (nSPS) is 17.1. The molecule has 10 heteroatoms. The van der Waals surface area contributed by atoms with Crippen LogP contribution in [0.1, 0.15) is 10.4 Å². The van der Waals surface area contributed by atoms with Crippen LogP contribution >= 0.6 is 22.9 Å². The van der Waals surface area contributed by atoms with E-state index in [4.69, 9.17) is 17.3 Å². The zero-order valence-electron chi connectivity index (χ0n) is 16.4. The van der Waals surface area contributed by atoms with Crippen LogP contribution in [0, 0.1) is 0 Å². The van der Waals surface area contributed by atoms with Gasteiger partial charge >= 0.3 is 0 Å². The van der Waals surface area contributed by atoms with Gasteiger partial charge in [-0.1, -0.05) is 17.7 Å². The van der Waals surface area contributed by atoms with E-state index in [-0.39, 0.29) is 11.8 Å². The first-order valence-corrected chi connectivity index (χ1v) is 10.8. The molecular weight excluding hydrogens is 438 g/mol. The lowest BCUT2D eigenvalue weighted by atomic mass is 10.1. The van der Waals surface area contributed by atoms with E-state index in [0.717, 1.165) is 15.8 Å². The molecule has 2 amide bonds. The van der Waals surface area contributed by atoms with Crippen molar-refractivity contribution in [2.75, 3.05) is 25.4 Å². The molecule has 1 aliphatic heterocycles. The van der Waals surface area contributed by atoms with E-state index in [1.54, 1.807) is 17.0 Å². The summed E-state index contributed by atoms with van der Waals surface area (Å²) in [5.74, 6) is -0.218. The van der Waals surface area contributed by atoms with Gasteiger partial charge in [0.05, 0.1) is 16.5 Å². The summed E-state index contributed by atoms with van der Waals surface area (Å²) >= 11 is 7.26. The Kier molecular flexibility index (Phi) is 6.17. The van der Waals surface area contributed by atoms with E-state index in [1.165, 1.54) is 28.6 Å². The number of carbonyl (C=O) groups excluding carboxylic acids is 2. The Morgan fingerprint density at radius 2 is 2.13 bits per heavy atom. The number of fused-ring (bicyclic) bond motifs is 1. The minimum Gasteiger partial charge on any atom is -0.394 e. The number of piperazine rings is 1. The highest BCUT2D eigenvalue weighted by molar-refractivity contribution is 7.17. The van der Waals surface area contributed by atoms with Crippen LogP contribution in [-0.4, -0.2) is 62.4 Å². The maximum Gasteiger partial charge on any atom is 0.248 e. The molecule has 0 bridgehead atoms. The highest BCUT2D eigenvalue weighted by Gasteiger charge is 2.36. The second-order valence-corrected chi connectivity index (χ2v) is 8.82. The molecule has 4 rings (SSSR count). The first-order chi connectivity index (χ1) is 15.0. The zero-order chi connectivity index (χ0) is 22.0. The SMILES string of the molecule is Nc1ncnc2cc(CN3CCN(C(=O)/C=C/c4ccc(Cl)s4)C(CO)C3=O)ccc12. The number of carbonyl (C=O) groups is 2. The summed E-state index contributed by atoms with van der Waals surface area (Å²) in [6.07, 6.45) is 4.46. The molecule has 3 heterocycles. The Hall–Kier alpha value is -3.01. The van der Waals surface area contributed by atoms with Crippen molar-refractivity contribution in [3.05, 3.63) is 57.5 Å². The molecule has 160 valence electrons. The number of benzene rings is 1. The van der Waals surface area contributed by atoms with Crippen molar-refractivity contribution in [2.24, 2.45) is 0 Å². The number of rotatable bonds is 5. The summed E-state index contributed by atoms with van der Waals surface area (Å²) in [6, 6.07) is 8.20. The molecule has 1 saturated heterocycles. The van der Waals surface area contributed by atoms with Gasteiger partial charge in [0.25, 0.3) is 0 Å². The minimum atomic E-state index is -0.920. The Bertz CT molecular complexity index is 1160. The molecule has 1 unspecified atom stereocenters. The number of thiophene rings is 1. The minimum absolute atomic E-state index is 0.294. The average Bonchev–Trinajstić information content (AvgIpc) is 3.18. The lowest BCUT2D eigenvalue weighted by Crippen LogP contribution is -2.59. The van der Waals surface area contributed by atoms with Crippen molar-refractivity contribution in [1.82, 2.24) is 19.8 Å². The van der Waals surface area contributed by atoms with E-state index < -0.39 is 12.6 Å². The second kappa shape index (κ2) is 9.01. The number of hydrogen-bond acceptors (Lipinski definition) is 7. The predicted octanol–water partition coefficient (Wildman–Crippen LogP) is 2.17. The molecule has 1 aromatic carbocycles. The summed E-state index contributed by atoms with van der Waals surface area (Å²) in [7, 11) is 0. The molecule has 0 aliphatic carbocycles. The molecule has 0 radical (unpaired) electrons. The van der Waals surface area contributed by atoms with Crippen LogP contribution in [0.2, 0.25) is 4.34 Å². The number of anilines is 1. The third kappa shape index (κ3) is 4.53. The number of aromatic nitrogens is 2. The molecule has 31 heavy (non-hydrogen) atoms. The summed E-state index contributed by atoms with van der Waals surface area (Å²) < 4.78 is 0.631. The maximum absolute atomic E-state index is 13.0. The molecule has 0 saturated carbocycles. The predicted molar refractivity (Wildman–Crippen MR) is 120 cm³/mol. The summed E-state index contributed by atoms with van der Waals surface area (Å²) in [5.41, 5.74) is 7.44. The molecule has 2 aromatic heterocycles. The fourth-order valence-electron chi connectivity index (χ4n) is 3.55. The van der Waals surface area contributed by atoms with Crippen molar-refractivity contribution >= 4 is 57.5 Å². The number of nitrogens with zero attached hydrogens (tertiary/aromatic N) is 4. The van der Waals surface area contributed by atoms with Gasteiger partial charge in [0, 0.05) is 36.0 Å². The average molecular weight is 458 g/mol. The monoisotopic (exact) mass is 457 g/mol. The van der Waals surface area contributed by atoms with Crippen LogP contribution in [0.5, 0.6) is 0 Å². The summed E-state index contributed by atoms with van der Waals surface area (Å²) in [5, 5.41) is 10.6. The molecule has 1 fully saturated rings. The van der Waals surface area contributed by atoms with Crippen molar-refractivity contribution in [3.8, 4) is 0 Å². The molecule has 3 N–H and O–H groups in total. The van der Waals surface area contributed by atoms with Crippen LogP contribution in [0.15, 0.2) is 42.7 Å². The highest BCUT2D eigenvalue weighted by Crippen LogP contribution is 2.23. The summed E-state index contributed by atoms with van der Waals surface area (Å²) in [6.45, 7) is 0.597. The highest BCUT2D eigenvalue weighted by atomic mass is 35.5. The van der Waals surface area contributed by atoms with Crippen molar-refractivity contribution < 1.29 is 14.7 Å². The number of aliphatic hydroxyl groups excluding tert-OH is 1. The number of amides is 2. The summed E-state index contributed by atoms with van der Waals surface area (Å²) in [4.78, 5) is 37.7. The van der Waals surface area contributed by atoms with Gasteiger partial charge in [-0.2, -0.15) is 0 Å². The van der Waals surface area contributed by atoms with Crippen LogP contribution in [0.3, 0.4) is 0 Å². The van der Waals surface area contributed by atoms with E-state index in [0.29, 0.717) is 35.3 Å². The van der Waals surface area contributed by atoms with Crippen LogP contribution in [0.25, 0.3) is 17.0 Å². The van der Waals surface area contributed by atoms with E-state index >= 15 is 0 Å². The standard InChI is InChI=1S/C21H20ClN5O3S/c22-18-5-2-14(31-18)3-6-19(29)27-8-7-26(21(30)17(27)11-28)10-13-1-4-15-16(9-13)24-12-25-20(15)23/h1-6,9,12,17,28H,7-8,10-11H2,(H2,23,24,25)/b6-3+. The van der Waals surface area contributed by atoms with Crippen LogP contribution in [0.4, 0.5) is 5.82 Å². The zero-order valence-corrected chi connectivity index (χ0v) is 18.0. The number of hydrogen-bond donors (Lipinski definition) is 2. The topological polar surface area (TPSA) is 113 Å². The smallest absolute Gasteiger partial charge is 0.248 e. The second-order valence-electron chi connectivity index (χ2n) is 7.08. The number of halogens is 1. The van der Waals surface area contributed by atoms with Gasteiger partial charge in [0.15, 0.2) is 0 Å². The first-order valence-electron chi connectivity index (χ1n) is 9.59. The van der Waals surface area contributed by atoms with E-state index in [9.17, 15) is 14.7 Å². The van der Waals surface area contributed by atoms with Gasteiger partial charge < -0.3 is 20.6 Å². The quantitative estimate of drug-likeness (QED) is 0.568. The molecule has 0 spiro atoms. The Morgan fingerprint density at radius 1 is 1.29 bits per heavy atom. The molecule has 1 atom stereocenters. The van der Waals surface area contributed by atoms with E-state index in [2.05, 4.69) is 9.97 Å². The molecule has 8 nitrogen and oxygen atoms in total. The van der Waals surface area contributed by atoms with Gasteiger partial charge in [-0.25, -0.2) is 9.97 Å². The Morgan fingerprint density at radius 3 is 2.87 bits per heavy atom. The Labute approximate surface area is 187 Å². The van der Waals surface area contributed by atoms with Crippen molar-refractivity contribution in [2.45, 2.75) is 12.6 Å². The van der Waals surface area contributed by atoms with Gasteiger partial charge in [-0.15, -0.1) is 11.3 Å². The Balaban J connectivity index is 1.46. The third-order valence-corrected chi connectivity index (χ3v) is 6.33. The van der Waals surface area contributed by atoms with Gasteiger partial charge in [-0.3, -0.25) is 9.59 Å². The van der Waals surface area contributed by atoms with E-state index in [1.807, 2.05) is 24.3 Å². The number of aliphatic hydroxyl groups is 1. The van der Waals surface area contributed by atoms with Gasteiger partial charge in [0.1, 0.15) is 18.2 Å². The molecule has 1 aliphatic rings.